The number of nitrogens with one attached hydrogen (secondary N) is 1. The Morgan fingerprint density at radius 2 is 2.00 bits per heavy atom. The number of anilines is 2. The van der Waals surface area contributed by atoms with Gasteiger partial charge < -0.3 is 10.4 Å². The molecule has 108 valence electrons. The first-order chi connectivity index (χ1) is 9.88. The first kappa shape index (κ1) is 14.4. The number of carbonyl (C=O) groups is 1. The fraction of sp³-hybridized carbons (Fsp3) is 0.0714. The maximum absolute atomic E-state index is 13.6. The highest BCUT2D eigenvalue weighted by Gasteiger charge is 2.15. The van der Waals surface area contributed by atoms with E-state index in [1.54, 1.807) is 19.1 Å². The van der Waals surface area contributed by atoms with Gasteiger partial charge in [0.15, 0.2) is 0 Å². The lowest BCUT2D eigenvalue weighted by Crippen LogP contribution is -2.02. The zero-order chi connectivity index (χ0) is 15.6. The van der Waals surface area contributed by atoms with E-state index in [0.717, 1.165) is 17.7 Å². The summed E-state index contributed by atoms with van der Waals surface area (Å²) in [6.07, 6.45) is 0. The highest BCUT2D eigenvalue weighted by molar-refractivity contribution is 5.88. The Hall–Kier alpha value is -2.96. The van der Waals surface area contributed by atoms with Gasteiger partial charge in [-0.2, -0.15) is 0 Å². The summed E-state index contributed by atoms with van der Waals surface area (Å²) in [5, 5.41) is 22.4. The molecule has 2 aromatic carbocycles. The number of hydrogen-bond acceptors (Lipinski definition) is 4. The molecule has 2 aromatic rings. The number of aryl methyl sites for hydroxylation is 1. The lowest BCUT2D eigenvalue weighted by Gasteiger charge is -2.09. The predicted molar refractivity (Wildman–Crippen MR) is 74.5 cm³/mol. The van der Waals surface area contributed by atoms with Gasteiger partial charge in [-0.15, -0.1) is 0 Å². The van der Waals surface area contributed by atoms with Crippen LogP contribution >= 0.6 is 0 Å². The monoisotopic (exact) mass is 290 g/mol. The Morgan fingerprint density at radius 1 is 1.29 bits per heavy atom. The number of benzene rings is 2. The van der Waals surface area contributed by atoms with Crippen molar-refractivity contribution in [2.75, 3.05) is 5.32 Å². The Labute approximate surface area is 119 Å². The molecule has 21 heavy (non-hydrogen) atoms. The van der Waals surface area contributed by atoms with Crippen molar-refractivity contribution in [2.24, 2.45) is 0 Å². The van der Waals surface area contributed by atoms with Crippen LogP contribution in [0, 0.1) is 22.9 Å². The SMILES string of the molecule is Cc1ccc([N+](=O)[O-])c(Nc2ccc(C(=O)O)c(F)c2)c1. The van der Waals surface area contributed by atoms with Crippen LogP contribution in [0.5, 0.6) is 0 Å². The molecule has 0 saturated carbocycles. The summed E-state index contributed by atoms with van der Waals surface area (Å²) in [6.45, 7) is 1.77. The number of nitrogens with zero attached hydrogens (tertiary/aromatic N) is 1. The standard InChI is InChI=1S/C14H11FN2O4/c1-8-2-5-13(17(20)21)12(6-8)16-9-3-4-10(14(18)19)11(15)7-9/h2-7,16H,1H3,(H,18,19). The average Bonchev–Trinajstić information content (AvgIpc) is 2.37. The minimum absolute atomic E-state index is 0.150. The quantitative estimate of drug-likeness (QED) is 0.664. The van der Waals surface area contributed by atoms with Gasteiger partial charge in [-0.05, 0) is 36.8 Å². The van der Waals surface area contributed by atoms with Crippen molar-refractivity contribution in [3.05, 3.63) is 63.5 Å². The molecule has 0 fully saturated rings. The first-order valence-corrected chi connectivity index (χ1v) is 5.93. The highest BCUT2D eigenvalue weighted by atomic mass is 19.1. The van der Waals surface area contributed by atoms with E-state index in [9.17, 15) is 19.3 Å². The summed E-state index contributed by atoms with van der Waals surface area (Å²) in [5.41, 5.74) is 0.627. The fourth-order valence-electron chi connectivity index (χ4n) is 1.83. The van der Waals surface area contributed by atoms with Gasteiger partial charge in [-0.3, -0.25) is 10.1 Å². The van der Waals surface area contributed by atoms with Gasteiger partial charge >= 0.3 is 5.97 Å². The van der Waals surface area contributed by atoms with Crippen LogP contribution in [-0.4, -0.2) is 16.0 Å². The Balaban J connectivity index is 2.38. The fourth-order valence-corrected chi connectivity index (χ4v) is 1.83. The summed E-state index contributed by atoms with van der Waals surface area (Å²) >= 11 is 0. The second-order valence-corrected chi connectivity index (χ2v) is 4.40. The molecular weight excluding hydrogens is 279 g/mol. The Morgan fingerprint density at radius 3 is 2.57 bits per heavy atom. The molecule has 0 spiro atoms. The molecule has 0 heterocycles. The van der Waals surface area contributed by atoms with E-state index in [4.69, 9.17) is 5.11 Å². The van der Waals surface area contributed by atoms with E-state index in [1.807, 2.05) is 0 Å². The number of aromatic carboxylic acids is 1. The topological polar surface area (TPSA) is 92.5 Å². The Kier molecular flexibility index (Phi) is 3.84. The van der Waals surface area contributed by atoms with Crippen LogP contribution in [0.1, 0.15) is 15.9 Å². The van der Waals surface area contributed by atoms with Crippen molar-refractivity contribution in [1.82, 2.24) is 0 Å². The molecule has 0 aromatic heterocycles. The van der Waals surface area contributed by atoms with Crippen LogP contribution < -0.4 is 5.32 Å². The minimum atomic E-state index is -1.37. The lowest BCUT2D eigenvalue weighted by molar-refractivity contribution is -0.383. The molecule has 2 rings (SSSR count). The summed E-state index contributed by atoms with van der Waals surface area (Å²) in [7, 11) is 0. The minimum Gasteiger partial charge on any atom is -0.478 e. The van der Waals surface area contributed by atoms with Gasteiger partial charge in [-0.1, -0.05) is 6.07 Å². The van der Waals surface area contributed by atoms with Gasteiger partial charge in [0.05, 0.1) is 10.5 Å². The smallest absolute Gasteiger partial charge is 0.338 e. The number of halogens is 1. The largest absolute Gasteiger partial charge is 0.478 e. The maximum atomic E-state index is 13.6. The second-order valence-electron chi connectivity index (χ2n) is 4.40. The number of nitro groups is 1. The van der Waals surface area contributed by atoms with Crippen molar-refractivity contribution in [1.29, 1.82) is 0 Å². The second kappa shape index (κ2) is 5.58. The summed E-state index contributed by atoms with van der Waals surface area (Å²) in [5.74, 6) is -2.29. The van der Waals surface area contributed by atoms with Gasteiger partial charge in [0.1, 0.15) is 11.5 Å². The Bertz CT molecular complexity index is 731. The van der Waals surface area contributed by atoms with Crippen LogP contribution in [0.4, 0.5) is 21.5 Å². The number of carboxylic acid groups (broad SMARTS) is 1. The zero-order valence-corrected chi connectivity index (χ0v) is 11.0. The van der Waals surface area contributed by atoms with E-state index in [2.05, 4.69) is 5.32 Å². The molecule has 2 N–H and O–H groups in total. The third-order valence-electron chi connectivity index (χ3n) is 2.83. The van der Waals surface area contributed by atoms with E-state index in [0.29, 0.717) is 0 Å². The van der Waals surface area contributed by atoms with Crippen molar-refractivity contribution in [3.63, 3.8) is 0 Å². The maximum Gasteiger partial charge on any atom is 0.338 e. The zero-order valence-electron chi connectivity index (χ0n) is 11.0. The summed E-state index contributed by atoms with van der Waals surface area (Å²) in [6, 6.07) is 7.92. The number of nitro benzene ring substituents is 1. The number of hydrogen-bond donors (Lipinski definition) is 2. The molecule has 0 aliphatic carbocycles. The van der Waals surface area contributed by atoms with Crippen LogP contribution in [0.15, 0.2) is 36.4 Å². The molecule has 0 radical (unpaired) electrons. The third-order valence-corrected chi connectivity index (χ3v) is 2.83. The molecule has 0 amide bonds. The van der Waals surface area contributed by atoms with Crippen molar-refractivity contribution in [3.8, 4) is 0 Å². The molecule has 0 unspecified atom stereocenters. The van der Waals surface area contributed by atoms with E-state index < -0.39 is 22.3 Å². The van der Waals surface area contributed by atoms with Crippen LogP contribution in [0.2, 0.25) is 0 Å². The van der Waals surface area contributed by atoms with Crippen molar-refractivity contribution in [2.45, 2.75) is 6.92 Å². The van der Waals surface area contributed by atoms with E-state index in [1.165, 1.54) is 12.1 Å². The van der Waals surface area contributed by atoms with Crippen molar-refractivity contribution >= 4 is 23.0 Å². The third kappa shape index (κ3) is 3.14. The number of carboxylic acids is 1. The first-order valence-electron chi connectivity index (χ1n) is 5.93. The molecule has 7 heteroatoms. The molecular formula is C14H11FN2O4. The summed E-state index contributed by atoms with van der Waals surface area (Å²) in [4.78, 5) is 21.1. The van der Waals surface area contributed by atoms with E-state index in [-0.39, 0.29) is 17.1 Å². The van der Waals surface area contributed by atoms with Gasteiger partial charge in [0.25, 0.3) is 5.69 Å². The molecule has 6 nitrogen and oxygen atoms in total. The van der Waals surface area contributed by atoms with Crippen LogP contribution in [0.25, 0.3) is 0 Å². The van der Waals surface area contributed by atoms with Gasteiger partial charge in [0.2, 0.25) is 0 Å². The molecule has 0 bridgehead atoms. The summed E-state index contributed by atoms with van der Waals surface area (Å²) < 4.78 is 13.6. The molecule has 0 aliphatic rings. The number of rotatable bonds is 4. The predicted octanol–water partition coefficient (Wildman–Crippen LogP) is 3.48. The lowest BCUT2D eigenvalue weighted by atomic mass is 10.1. The van der Waals surface area contributed by atoms with Gasteiger partial charge in [-0.25, -0.2) is 9.18 Å². The van der Waals surface area contributed by atoms with Crippen LogP contribution in [0.3, 0.4) is 0 Å². The molecule has 0 saturated heterocycles. The normalized spacial score (nSPS) is 10.2. The molecule has 0 atom stereocenters. The van der Waals surface area contributed by atoms with E-state index >= 15 is 0 Å². The van der Waals surface area contributed by atoms with Crippen LogP contribution in [-0.2, 0) is 0 Å². The average molecular weight is 290 g/mol. The van der Waals surface area contributed by atoms with Gasteiger partial charge in [0, 0.05) is 11.8 Å². The van der Waals surface area contributed by atoms with Crippen molar-refractivity contribution < 1.29 is 19.2 Å². The molecule has 0 aliphatic heterocycles. The highest BCUT2D eigenvalue weighted by Crippen LogP contribution is 2.29.